The van der Waals surface area contributed by atoms with Crippen molar-refractivity contribution < 1.29 is 14.0 Å². The largest absolute Gasteiger partial charge is 0.418 e. The van der Waals surface area contributed by atoms with Crippen LogP contribution in [0.1, 0.15) is 37.6 Å². The quantitative estimate of drug-likeness (QED) is 0.600. The third-order valence-electron chi connectivity index (χ3n) is 2.99. The van der Waals surface area contributed by atoms with Gasteiger partial charge in [0.2, 0.25) is 5.78 Å². The molecule has 18 heavy (non-hydrogen) atoms. The highest BCUT2D eigenvalue weighted by Gasteiger charge is 2.32. The summed E-state index contributed by atoms with van der Waals surface area (Å²) in [7, 11) is 0. The first-order valence-corrected chi connectivity index (χ1v) is 5.43. The van der Waals surface area contributed by atoms with E-state index < -0.39 is 11.4 Å². The number of ketones is 2. The monoisotopic (exact) mass is 240 g/mol. The van der Waals surface area contributed by atoms with Gasteiger partial charge in [-0.2, -0.15) is 0 Å². The average molecular weight is 240 g/mol. The predicted molar refractivity (Wildman–Crippen MR) is 63.0 cm³/mol. The van der Waals surface area contributed by atoms with Gasteiger partial charge < -0.3 is 4.42 Å². The molecule has 1 heterocycles. The van der Waals surface area contributed by atoms with E-state index in [1.165, 1.54) is 6.07 Å². The zero-order valence-corrected chi connectivity index (χ0v) is 9.52. The van der Waals surface area contributed by atoms with Gasteiger partial charge in [-0.3, -0.25) is 9.59 Å². The lowest BCUT2D eigenvalue weighted by Gasteiger charge is -2.15. The minimum Gasteiger partial charge on any atom is -0.418 e. The number of benzene rings is 1. The normalized spacial score (nSPS) is 13.2. The van der Waals surface area contributed by atoms with E-state index in [2.05, 4.69) is 0 Å². The molecule has 1 aromatic heterocycles. The molecule has 4 nitrogen and oxygen atoms in total. The number of aryl methyl sites for hydroxylation is 1. The minimum atomic E-state index is -0.589. The Morgan fingerprint density at radius 2 is 1.50 bits per heavy atom. The van der Waals surface area contributed by atoms with E-state index in [1.54, 1.807) is 31.2 Å². The molecular formula is C14H8O4. The summed E-state index contributed by atoms with van der Waals surface area (Å²) in [5.41, 5.74) is 0.518. The van der Waals surface area contributed by atoms with Gasteiger partial charge in [-0.15, -0.1) is 0 Å². The summed E-state index contributed by atoms with van der Waals surface area (Å²) in [4.78, 5) is 35.8. The van der Waals surface area contributed by atoms with Gasteiger partial charge in [0.1, 0.15) is 0 Å². The van der Waals surface area contributed by atoms with Crippen molar-refractivity contribution in [2.45, 2.75) is 6.92 Å². The van der Waals surface area contributed by atoms with Crippen LogP contribution in [0.15, 0.2) is 39.5 Å². The van der Waals surface area contributed by atoms with E-state index in [-0.39, 0.29) is 22.7 Å². The molecule has 0 N–H and O–H groups in total. The van der Waals surface area contributed by atoms with Crippen molar-refractivity contribution in [3.8, 4) is 0 Å². The fraction of sp³-hybridized carbons (Fsp3) is 0.0714. The molecule has 88 valence electrons. The lowest BCUT2D eigenvalue weighted by atomic mass is 9.87. The second-order valence-electron chi connectivity index (χ2n) is 4.16. The third kappa shape index (κ3) is 1.29. The Morgan fingerprint density at radius 3 is 2.17 bits per heavy atom. The topological polar surface area (TPSA) is 64.3 Å². The van der Waals surface area contributed by atoms with E-state index in [0.29, 0.717) is 11.1 Å². The number of hydrogen-bond donors (Lipinski definition) is 0. The Bertz CT molecular complexity index is 753. The van der Waals surface area contributed by atoms with Gasteiger partial charge in [-0.25, -0.2) is 4.79 Å². The van der Waals surface area contributed by atoms with Gasteiger partial charge in [0, 0.05) is 16.7 Å². The molecule has 1 aliphatic carbocycles. The maximum atomic E-state index is 12.2. The maximum absolute atomic E-state index is 12.2. The molecule has 3 rings (SSSR count). The Kier molecular flexibility index (Phi) is 2.07. The minimum absolute atomic E-state index is 0.158. The molecule has 0 unspecified atom stereocenters. The first-order chi connectivity index (χ1) is 8.59. The highest BCUT2D eigenvalue weighted by atomic mass is 16.4. The van der Waals surface area contributed by atoms with Crippen molar-refractivity contribution >= 4 is 11.6 Å². The summed E-state index contributed by atoms with van der Waals surface area (Å²) in [5.74, 6) is -0.862. The third-order valence-corrected chi connectivity index (χ3v) is 2.99. The van der Waals surface area contributed by atoms with Gasteiger partial charge in [0.25, 0.3) is 0 Å². The van der Waals surface area contributed by atoms with Gasteiger partial charge >= 0.3 is 5.63 Å². The zero-order chi connectivity index (χ0) is 12.9. The van der Waals surface area contributed by atoms with Crippen molar-refractivity contribution in [3.63, 3.8) is 0 Å². The lowest BCUT2D eigenvalue weighted by Crippen LogP contribution is -2.23. The molecule has 0 fully saturated rings. The molecule has 4 heteroatoms. The Balaban J connectivity index is 2.37. The number of hydrogen-bond acceptors (Lipinski definition) is 4. The molecule has 0 amide bonds. The van der Waals surface area contributed by atoms with Crippen molar-refractivity contribution in [3.05, 3.63) is 68.8 Å². The summed E-state index contributed by atoms with van der Waals surface area (Å²) < 4.78 is 4.94. The molecule has 1 aliphatic rings. The summed E-state index contributed by atoms with van der Waals surface area (Å²) in [6.07, 6.45) is 0. The zero-order valence-electron chi connectivity index (χ0n) is 9.52. The van der Waals surface area contributed by atoms with E-state index in [4.69, 9.17) is 4.42 Å². The van der Waals surface area contributed by atoms with Crippen LogP contribution in [0.25, 0.3) is 0 Å². The number of carbonyl (C=O) groups is 2. The van der Waals surface area contributed by atoms with E-state index in [9.17, 15) is 14.4 Å². The summed E-state index contributed by atoms with van der Waals surface area (Å²) in [6.45, 7) is 1.55. The lowest BCUT2D eigenvalue weighted by molar-refractivity contribution is 0.0953. The fourth-order valence-corrected chi connectivity index (χ4v) is 2.05. The van der Waals surface area contributed by atoms with Gasteiger partial charge in [0.05, 0.1) is 5.56 Å². The van der Waals surface area contributed by atoms with Crippen LogP contribution in [0.2, 0.25) is 0 Å². The van der Waals surface area contributed by atoms with Crippen LogP contribution in [0.4, 0.5) is 0 Å². The van der Waals surface area contributed by atoms with E-state index in [1.807, 2.05) is 0 Å². The van der Waals surface area contributed by atoms with E-state index in [0.717, 1.165) is 0 Å². The van der Waals surface area contributed by atoms with Crippen LogP contribution in [-0.2, 0) is 0 Å². The first-order valence-electron chi connectivity index (χ1n) is 5.43. The number of carbonyl (C=O) groups excluding carboxylic acids is 2. The van der Waals surface area contributed by atoms with Gasteiger partial charge in [-0.1, -0.05) is 24.3 Å². The van der Waals surface area contributed by atoms with Crippen LogP contribution in [0.5, 0.6) is 0 Å². The number of fused-ring (bicyclic) bond motifs is 2. The molecule has 0 atom stereocenters. The summed E-state index contributed by atoms with van der Waals surface area (Å²) in [5, 5.41) is 0. The Hall–Kier alpha value is -2.49. The molecule has 1 aromatic carbocycles. The average Bonchev–Trinajstić information content (AvgIpc) is 2.38. The molecule has 0 saturated heterocycles. The smallest absolute Gasteiger partial charge is 0.339 e. The second kappa shape index (κ2) is 3.50. The highest BCUT2D eigenvalue weighted by Crippen LogP contribution is 2.26. The SMILES string of the molecule is Cc1cc2c(oc1=O)C(=O)c1ccccc1C2=O. The van der Waals surface area contributed by atoms with Gasteiger partial charge in [0.15, 0.2) is 11.5 Å². The summed E-state index contributed by atoms with van der Waals surface area (Å²) >= 11 is 0. The Labute approximate surface area is 102 Å². The molecule has 0 bridgehead atoms. The van der Waals surface area contributed by atoms with Gasteiger partial charge in [-0.05, 0) is 13.0 Å². The van der Waals surface area contributed by atoms with Crippen molar-refractivity contribution in [1.29, 1.82) is 0 Å². The Morgan fingerprint density at radius 1 is 0.889 bits per heavy atom. The molecule has 0 saturated carbocycles. The van der Waals surface area contributed by atoms with Crippen LogP contribution < -0.4 is 5.63 Å². The van der Waals surface area contributed by atoms with Crippen molar-refractivity contribution in [1.82, 2.24) is 0 Å². The van der Waals surface area contributed by atoms with Crippen molar-refractivity contribution in [2.75, 3.05) is 0 Å². The number of rotatable bonds is 0. The maximum Gasteiger partial charge on any atom is 0.339 e. The highest BCUT2D eigenvalue weighted by molar-refractivity contribution is 6.27. The van der Waals surface area contributed by atoms with Crippen LogP contribution in [0, 0.1) is 6.92 Å². The van der Waals surface area contributed by atoms with Crippen LogP contribution >= 0.6 is 0 Å². The molecular weight excluding hydrogens is 232 g/mol. The molecule has 0 radical (unpaired) electrons. The second-order valence-corrected chi connectivity index (χ2v) is 4.16. The predicted octanol–water partition coefficient (Wildman–Crippen LogP) is 1.72. The fourth-order valence-electron chi connectivity index (χ4n) is 2.05. The molecule has 0 aliphatic heterocycles. The first kappa shape index (κ1) is 10.7. The molecule has 2 aromatic rings. The van der Waals surface area contributed by atoms with Crippen LogP contribution in [0.3, 0.4) is 0 Å². The van der Waals surface area contributed by atoms with E-state index >= 15 is 0 Å². The summed E-state index contributed by atoms with van der Waals surface area (Å²) in [6, 6.07) is 7.93. The van der Waals surface area contributed by atoms with Crippen molar-refractivity contribution in [2.24, 2.45) is 0 Å². The standard InChI is InChI=1S/C14H8O4/c1-7-6-10-11(15)8-4-2-3-5-9(8)12(16)13(10)18-14(7)17/h2-6H,1H3. The van der Waals surface area contributed by atoms with Crippen LogP contribution in [-0.4, -0.2) is 11.6 Å². The molecule has 0 spiro atoms.